The van der Waals surface area contributed by atoms with Gasteiger partial charge in [0.1, 0.15) is 11.2 Å². The number of rotatable bonds is 6. The van der Waals surface area contributed by atoms with Crippen LogP contribution in [-0.4, -0.2) is 48.9 Å². The largest absolute Gasteiger partial charge is 0.476 e. The molecule has 1 saturated heterocycles. The number of anilines is 2. The molecule has 0 spiro atoms. The van der Waals surface area contributed by atoms with Gasteiger partial charge in [0, 0.05) is 37.8 Å². The summed E-state index contributed by atoms with van der Waals surface area (Å²) in [7, 11) is 1.92. The Morgan fingerprint density at radius 3 is 2.63 bits per heavy atom. The van der Waals surface area contributed by atoms with Gasteiger partial charge in [-0.2, -0.15) is 10.4 Å². The summed E-state index contributed by atoms with van der Waals surface area (Å²) in [5.74, 6) is -0.243. The third-order valence-corrected chi connectivity index (χ3v) is 7.09. The average Bonchev–Trinajstić information content (AvgIpc) is 3.34. The topological polar surface area (TPSA) is 133 Å². The number of nitriles is 1. The second-order valence-electron chi connectivity index (χ2n) is 9.61. The Morgan fingerprint density at radius 1 is 1.21 bits per heavy atom. The predicted molar refractivity (Wildman–Crippen MR) is 145 cm³/mol. The SMILES string of the molecule is Cc1cc([C@@H](C)Nc2ccc(Cl)nc2C(=O)O)c2nc(N3CCC(c4ccn(C)n4)CC3)c(C#N)nc2c1. The lowest BCUT2D eigenvalue weighted by Crippen LogP contribution is -2.34. The number of carbonyl (C=O) groups is 1. The Bertz CT molecular complexity index is 1570. The van der Waals surface area contributed by atoms with E-state index in [1.807, 2.05) is 43.9 Å². The Morgan fingerprint density at radius 2 is 1.97 bits per heavy atom. The minimum absolute atomic E-state index is 0.105. The van der Waals surface area contributed by atoms with Crippen molar-refractivity contribution < 1.29 is 9.90 Å². The van der Waals surface area contributed by atoms with Gasteiger partial charge in [-0.1, -0.05) is 17.7 Å². The monoisotopic (exact) mass is 530 g/mol. The molecular formula is C27H27ClN8O2. The van der Waals surface area contributed by atoms with E-state index in [0.717, 1.165) is 42.8 Å². The zero-order valence-corrected chi connectivity index (χ0v) is 22.1. The molecule has 0 radical (unpaired) electrons. The Labute approximate surface area is 224 Å². The summed E-state index contributed by atoms with van der Waals surface area (Å²) in [6.45, 7) is 5.35. The molecule has 0 aliphatic carbocycles. The summed E-state index contributed by atoms with van der Waals surface area (Å²) in [6.07, 6.45) is 3.77. The van der Waals surface area contributed by atoms with Gasteiger partial charge in [-0.15, -0.1) is 0 Å². The normalized spacial score (nSPS) is 14.9. The number of hydrogen-bond acceptors (Lipinski definition) is 8. The van der Waals surface area contributed by atoms with Crippen molar-refractivity contribution in [3.05, 3.63) is 69.9 Å². The molecule has 1 aliphatic heterocycles. The number of nitrogens with one attached hydrogen (secondary N) is 1. The van der Waals surface area contributed by atoms with Gasteiger partial charge in [0.05, 0.1) is 28.5 Å². The van der Waals surface area contributed by atoms with Crippen molar-refractivity contribution in [2.75, 3.05) is 23.3 Å². The number of halogens is 1. The number of nitrogens with zero attached hydrogens (tertiary/aromatic N) is 7. The molecule has 1 aromatic carbocycles. The molecule has 0 bridgehead atoms. The minimum atomic E-state index is -1.17. The summed E-state index contributed by atoms with van der Waals surface area (Å²) in [5.41, 5.74) is 4.65. The first kappa shape index (κ1) is 25.4. The van der Waals surface area contributed by atoms with Crippen LogP contribution in [0.25, 0.3) is 11.0 Å². The van der Waals surface area contributed by atoms with Gasteiger partial charge in [-0.3, -0.25) is 4.68 Å². The van der Waals surface area contributed by atoms with Gasteiger partial charge in [-0.05, 0) is 56.5 Å². The molecule has 2 N–H and O–H groups in total. The zero-order chi connectivity index (χ0) is 27.0. The lowest BCUT2D eigenvalue weighted by Gasteiger charge is -2.32. The van der Waals surface area contributed by atoms with E-state index < -0.39 is 5.97 Å². The quantitative estimate of drug-likeness (QED) is 0.335. The fourth-order valence-corrected chi connectivity index (χ4v) is 5.16. The van der Waals surface area contributed by atoms with E-state index in [4.69, 9.17) is 16.6 Å². The maximum Gasteiger partial charge on any atom is 0.356 e. The third kappa shape index (κ3) is 4.97. The number of piperidine rings is 1. The first-order chi connectivity index (χ1) is 18.2. The van der Waals surface area contributed by atoms with Crippen LogP contribution in [0.5, 0.6) is 0 Å². The minimum Gasteiger partial charge on any atom is -0.476 e. The smallest absolute Gasteiger partial charge is 0.356 e. The molecule has 1 aliphatic rings. The molecular weight excluding hydrogens is 504 g/mol. The molecule has 0 unspecified atom stereocenters. The van der Waals surface area contributed by atoms with Crippen LogP contribution in [0.3, 0.4) is 0 Å². The van der Waals surface area contributed by atoms with Crippen LogP contribution in [0.4, 0.5) is 11.5 Å². The molecule has 5 rings (SSSR count). The van der Waals surface area contributed by atoms with E-state index in [-0.39, 0.29) is 16.9 Å². The fraction of sp³-hybridized carbons (Fsp3) is 0.333. The van der Waals surface area contributed by atoms with Crippen LogP contribution in [0.1, 0.15) is 64.7 Å². The van der Waals surface area contributed by atoms with E-state index in [1.165, 1.54) is 0 Å². The average molecular weight is 531 g/mol. The number of carboxylic acids is 1. The van der Waals surface area contributed by atoms with Crippen molar-refractivity contribution in [1.82, 2.24) is 24.7 Å². The molecule has 4 heterocycles. The summed E-state index contributed by atoms with van der Waals surface area (Å²) in [6, 6.07) is 11.0. The Kier molecular flexibility index (Phi) is 6.87. The Hall–Kier alpha value is -4.23. The zero-order valence-electron chi connectivity index (χ0n) is 21.3. The molecule has 194 valence electrons. The van der Waals surface area contributed by atoms with Crippen LogP contribution >= 0.6 is 11.6 Å². The highest BCUT2D eigenvalue weighted by Gasteiger charge is 2.26. The second kappa shape index (κ2) is 10.3. The lowest BCUT2D eigenvalue weighted by molar-refractivity contribution is 0.0691. The fourth-order valence-electron chi connectivity index (χ4n) is 5.01. The number of aromatic carboxylic acids is 1. The van der Waals surface area contributed by atoms with Crippen LogP contribution in [0.2, 0.25) is 5.15 Å². The number of hydrogen-bond donors (Lipinski definition) is 2. The van der Waals surface area contributed by atoms with Crippen molar-refractivity contribution in [2.45, 2.75) is 38.6 Å². The maximum atomic E-state index is 11.7. The van der Waals surface area contributed by atoms with E-state index in [9.17, 15) is 15.2 Å². The summed E-state index contributed by atoms with van der Waals surface area (Å²) in [5, 5.41) is 27.4. The van der Waals surface area contributed by atoms with Crippen molar-refractivity contribution in [3.63, 3.8) is 0 Å². The highest BCUT2D eigenvalue weighted by molar-refractivity contribution is 6.29. The van der Waals surface area contributed by atoms with Crippen molar-refractivity contribution in [1.29, 1.82) is 5.26 Å². The van der Waals surface area contributed by atoms with Gasteiger partial charge in [0.25, 0.3) is 0 Å². The lowest BCUT2D eigenvalue weighted by atomic mass is 9.93. The maximum absolute atomic E-state index is 11.7. The second-order valence-corrected chi connectivity index (χ2v) is 9.99. The highest BCUT2D eigenvalue weighted by atomic mass is 35.5. The number of benzene rings is 1. The summed E-state index contributed by atoms with van der Waals surface area (Å²) < 4.78 is 1.82. The molecule has 4 aromatic rings. The summed E-state index contributed by atoms with van der Waals surface area (Å²) in [4.78, 5) is 27.5. The highest BCUT2D eigenvalue weighted by Crippen LogP contribution is 2.33. The molecule has 11 heteroatoms. The van der Waals surface area contributed by atoms with Crippen molar-refractivity contribution >= 4 is 40.1 Å². The Balaban J connectivity index is 1.48. The van der Waals surface area contributed by atoms with Crippen LogP contribution in [0.15, 0.2) is 36.5 Å². The van der Waals surface area contributed by atoms with Crippen LogP contribution < -0.4 is 10.2 Å². The van der Waals surface area contributed by atoms with Crippen LogP contribution in [-0.2, 0) is 7.05 Å². The van der Waals surface area contributed by atoms with Crippen molar-refractivity contribution in [2.24, 2.45) is 7.05 Å². The third-order valence-electron chi connectivity index (χ3n) is 6.88. The van der Waals surface area contributed by atoms with Crippen LogP contribution in [0, 0.1) is 18.3 Å². The van der Waals surface area contributed by atoms with Gasteiger partial charge >= 0.3 is 5.97 Å². The van der Waals surface area contributed by atoms with Gasteiger partial charge < -0.3 is 15.3 Å². The van der Waals surface area contributed by atoms with Crippen molar-refractivity contribution in [3.8, 4) is 6.07 Å². The van der Waals surface area contributed by atoms with E-state index in [0.29, 0.717) is 34.2 Å². The predicted octanol–water partition coefficient (Wildman–Crippen LogP) is 4.85. The van der Waals surface area contributed by atoms with E-state index in [2.05, 4.69) is 37.4 Å². The number of aromatic nitrogens is 5. The first-order valence-corrected chi connectivity index (χ1v) is 12.7. The first-order valence-electron chi connectivity index (χ1n) is 12.4. The molecule has 1 atom stereocenters. The molecule has 0 saturated carbocycles. The van der Waals surface area contributed by atoms with Gasteiger partial charge in [-0.25, -0.2) is 19.7 Å². The molecule has 0 amide bonds. The molecule has 10 nitrogen and oxygen atoms in total. The molecule has 1 fully saturated rings. The number of carboxylic acid groups (broad SMARTS) is 1. The number of fused-ring (bicyclic) bond motifs is 1. The van der Waals surface area contributed by atoms with E-state index >= 15 is 0 Å². The van der Waals surface area contributed by atoms with E-state index in [1.54, 1.807) is 12.1 Å². The molecule has 38 heavy (non-hydrogen) atoms. The molecule has 3 aromatic heterocycles. The van der Waals surface area contributed by atoms with Gasteiger partial charge in [0.15, 0.2) is 17.2 Å². The number of pyridine rings is 1. The number of aryl methyl sites for hydroxylation is 2. The standard InChI is InChI=1S/C27H27ClN8O2/c1-15-12-18(16(2)30-20-4-5-23(28)32-25(20)27(37)38)24-21(13-15)31-22(14-29)26(33-24)36-10-6-17(7-11-36)19-8-9-35(3)34-19/h4-5,8-9,12-13,16-17,30H,6-7,10-11H2,1-3H3,(H,37,38)/t16-/m1/s1. The summed E-state index contributed by atoms with van der Waals surface area (Å²) >= 11 is 5.92. The van der Waals surface area contributed by atoms with Gasteiger partial charge in [0.2, 0.25) is 0 Å².